The monoisotopic (exact) mass is 339 g/mol. The van der Waals surface area contributed by atoms with Crippen LogP contribution in [0, 0.1) is 12.8 Å². The number of hydrogen-bond acceptors (Lipinski definition) is 2. The molecule has 1 aliphatic heterocycles. The molecule has 0 bridgehead atoms. The number of benzene rings is 1. The quantitative estimate of drug-likeness (QED) is 0.744. The Morgan fingerprint density at radius 2 is 1.83 bits per heavy atom. The Morgan fingerprint density at radius 1 is 1.08 bits per heavy atom. The Labute approximate surface area is 148 Å². The molecule has 1 atom stereocenters. The maximum absolute atomic E-state index is 13.3. The van der Waals surface area contributed by atoms with Crippen molar-refractivity contribution in [2.24, 2.45) is 5.92 Å². The summed E-state index contributed by atoms with van der Waals surface area (Å²) in [6.45, 7) is 2.98. The van der Waals surface area contributed by atoms with Gasteiger partial charge in [-0.3, -0.25) is 4.79 Å². The highest BCUT2D eigenvalue weighted by Gasteiger charge is 2.36. The lowest BCUT2D eigenvalue weighted by molar-refractivity contribution is -0.138. The Hall–Kier alpha value is -1.61. The molecular formula is C21H25NOS. The minimum absolute atomic E-state index is 0.107. The number of carbonyl (C=O) groups is 1. The average Bonchev–Trinajstić information content (AvgIpc) is 3.10. The highest BCUT2D eigenvalue weighted by atomic mass is 32.1. The van der Waals surface area contributed by atoms with E-state index in [0.29, 0.717) is 5.91 Å². The minimum Gasteiger partial charge on any atom is -0.331 e. The summed E-state index contributed by atoms with van der Waals surface area (Å²) in [4.78, 5) is 16.9. The highest BCUT2D eigenvalue weighted by Crippen LogP contribution is 2.39. The molecule has 2 nitrogen and oxygen atoms in total. The molecule has 1 aromatic carbocycles. The van der Waals surface area contributed by atoms with Gasteiger partial charge in [-0.25, -0.2) is 0 Å². The van der Waals surface area contributed by atoms with Crippen LogP contribution < -0.4 is 0 Å². The van der Waals surface area contributed by atoms with Gasteiger partial charge in [-0.2, -0.15) is 0 Å². The lowest BCUT2D eigenvalue weighted by atomic mass is 9.86. The summed E-state index contributed by atoms with van der Waals surface area (Å²) >= 11 is 1.84. The number of hydrogen-bond donors (Lipinski definition) is 0. The number of thiophene rings is 1. The van der Waals surface area contributed by atoms with Crippen LogP contribution >= 0.6 is 11.3 Å². The van der Waals surface area contributed by atoms with Crippen LogP contribution in [0.5, 0.6) is 0 Å². The van der Waals surface area contributed by atoms with Gasteiger partial charge >= 0.3 is 0 Å². The van der Waals surface area contributed by atoms with Crippen LogP contribution in [0.25, 0.3) is 0 Å². The molecule has 1 fully saturated rings. The molecule has 0 saturated heterocycles. The summed E-state index contributed by atoms with van der Waals surface area (Å²) in [7, 11) is 0. The van der Waals surface area contributed by atoms with E-state index < -0.39 is 0 Å². The van der Waals surface area contributed by atoms with Gasteiger partial charge in [0.2, 0.25) is 5.91 Å². The largest absolute Gasteiger partial charge is 0.331 e. The van der Waals surface area contributed by atoms with E-state index in [-0.39, 0.29) is 12.0 Å². The molecule has 0 radical (unpaired) electrons. The summed E-state index contributed by atoms with van der Waals surface area (Å²) < 4.78 is 0. The third kappa shape index (κ3) is 2.90. The predicted molar refractivity (Wildman–Crippen MR) is 99.3 cm³/mol. The van der Waals surface area contributed by atoms with E-state index in [9.17, 15) is 4.79 Å². The van der Waals surface area contributed by atoms with Crippen molar-refractivity contribution in [2.75, 3.05) is 6.54 Å². The van der Waals surface area contributed by atoms with E-state index in [0.717, 1.165) is 25.8 Å². The first-order valence-corrected chi connectivity index (χ1v) is 10.1. The standard InChI is InChI=1S/C21H25NOS/c1-15-7-9-16(10-8-15)20-18-12-14-24-19(18)11-13-22(20)21(23)17-5-3-2-4-6-17/h7-10,12,14,17,20H,2-6,11,13H2,1H3. The van der Waals surface area contributed by atoms with E-state index in [2.05, 4.69) is 47.5 Å². The van der Waals surface area contributed by atoms with Crippen LogP contribution in [-0.4, -0.2) is 17.4 Å². The first-order chi connectivity index (χ1) is 11.7. The van der Waals surface area contributed by atoms with Gasteiger partial charge in [-0.05, 0) is 48.8 Å². The van der Waals surface area contributed by atoms with Crippen LogP contribution in [0.4, 0.5) is 0 Å². The van der Waals surface area contributed by atoms with Gasteiger partial charge in [-0.1, -0.05) is 49.1 Å². The second-order valence-electron chi connectivity index (χ2n) is 7.23. The number of aryl methyl sites for hydroxylation is 1. The molecule has 2 aliphatic rings. The third-order valence-electron chi connectivity index (χ3n) is 5.60. The van der Waals surface area contributed by atoms with Gasteiger partial charge < -0.3 is 4.90 Å². The van der Waals surface area contributed by atoms with Crippen molar-refractivity contribution < 1.29 is 4.79 Å². The number of fused-ring (bicyclic) bond motifs is 1. The van der Waals surface area contributed by atoms with Crippen molar-refractivity contribution in [1.29, 1.82) is 0 Å². The number of amides is 1. The molecule has 1 amide bonds. The Balaban J connectivity index is 1.69. The zero-order valence-electron chi connectivity index (χ0n) is 14.3. The highest BCUT2D eigenvalue weighted by molar-refractivity contribution is 7.10. The van der Waals surface area contributed by atoms with Gasteiger partial charge in [-0.15, -0.1) is 11.3 Å². The fourth-order valence-corrected chi connectivity index (χ4v) is 5.15. The van der Waals surface area contributed by atoms with Crippen LogP contribution in [0.1, 0.15) is 59.7 Å². The molecule has 4 rings (SSSR count). The molecule has 3 heteroatoms. The van der Waals surface area contributed by atoms with Crippen LogP contribution in [0.3, 0.4) is 0 Å². The molecule has 126 valence electrons. The van der Waals surface area contributed by atoms with Crippen molar-refractivity contribution in [1.82, 2.24) is 4.90 Å². The second kappa shape index (κ2) is 6.72. The molecule has 1 unspecified atom stereocenters. The number of carbonyl (C=O) groups excluding carboxylic acids is 1. The van der Waals surface area contributed by atoms with Crippen molar-refractivity contribution in [3.05, 3.63) is 57.3 Å². The van der Waals surface area contributed by atoms with Gasteiger partial charge in [0.05, 0.1) is 6.04 Å². The summed E-state index contributed by atoms with van der Waals surface area (Å²) in [6.07, 6.45) is 6.87. The second-order valence-corrected chi connectivity index (χ2v) is 8.23. The molecule has 2 heterocycles. The van der Waals surface area contributed by atoms with Crippen LogP contribution in [0.15, 0.2) is 35.7 Å². The lowest BCUT2D eigenvalue weighted by Crippen LogP contribution is -2.43. The van der Waals surface area contributed by atoms with E-state index in [1.807, 2.05) is 11.3 Å². The Kier molecular flexibility index (Phi) is 4.45. The number of rotatable bonds is 2. The molecular weight excluding hydrogens is 314 g/mol. The Morgan fingerprint density at radius 3 is 2.58 bits per heavy atom. The van der Waals surface area contributed by atoms with Gasteiger partial charge in [0.15, 0.2) is 0 Å². The summed E-state index contributed by atoms with van der Waals surface area (Å²) in [5, 5.41) is 2.18. The third-order valence-corrected chi connectivity index (χ3v) is 6.59. The van der Waals surface area contributed by atoms with Crippen molar-refractivity contribution in [3.63, 3.8) is 0 Å². The fourth-order valence-electron chi connectivity index (χ4n) is 4.25. The molecule has 1 aliphatic carbocycles. The van der Waals surface area contributed by atoms with E-state index in [1.165, 1.54) is 40.8 Å². The predicted octanol–water partition coefficient (Wildman–Crippen LogP) is 5.11. The summed E-state index contributed by atoms with van der Waals surface area (Å²) in [6, 6.07) is 11.1. The van der Waals surface area contributed by atoms with Crippen molar-refractivity contribution >= 4 is 17.2 Å². The smallest absolute Gasteiger partial charge is 0.226 e. The summed E-state index contributed by atoms with van der Waals surface area (Å²) in [5.41, 5.74) is 3.87. The molecule has 1 aromatic heterocycles. The Bertz CT molecular complexity index is 712. The maximum Gasteiger partial charge on any atom is 0.226 e. The van der Waals surface area contributed by atoms with Crippen LogP contribution in [0.2, 0.25) is 0 Å². The molecule has 0 N–H and O–H groups in total. The van der Waals surface area contributed by atoms with Gasteiger partial charge in [0.25, 0.3) is 0 Å². The first-order valence-electron chi connectivity index (χ1n) is 9.17. The van der Waals surface area contributed by atoms with Crippen LogP contribution in [-0.2, 0) is 11.2 Å². The van der Waals surface area contributed by atoms with Gasteiger partial charge in [0, 0.05) is 17.3 Å². The lowest BCUT2D eigenvalue weighted by Gasteiger charge is -2.39. The number of nitrogens with zero attached hydrogens (tertiary/aromatic N) is 1. The topological polar surface area (TPSA) is 20.3 Å². The molecule has 24 heavy (non-hydrogen) atoms. The molecule has 0 spiro atoms. The minimum atomic E-state index is 0.107. The zero-order valence-corrected chi connectivity index (χ0v) is 15.1. The SMILES string of the molecule is Cc1ccc(C2c3ccsc3CCN2C(=O)C2CCCCC2)cc1. The first kappa shape index (κ1) is 15.9. The van der Waals surface area contributed by atoms with E-state index in [4.69, 9.17) is 0 Å². The fraction of sp³-hybridized carbons (Fsp3) is 0.476. The molecule has 2 aromatic rings. The normalized spacial score (nSPS) is 21.5. The van der Waals surface area contributed by atoms with Crippen molar-refractivity contribution in [2.45, 2.75) is 51.5 Å². The van der Waals surface area contributed by atoms with E-state index in [1.54, 1.807) is 0 Å². The van der Waals surface area contributed by atoms with Crippen molar-refractivity contribution in [3.8, 4) is 0 Å². The molecule has 1 saturated carbocycles. The zero-order chi connectivity index (χ0) is 16.5. The van der Waals surface area contributed by atoms with Gasteiger partial charge in [0.1, 0.15) is 0 Å². The average molecular weight is 340 g/mol. The summed E-state index contributed by atoms with van der Waals surface area (Å²) in [5.74, 6) is 0.629. The van der Waals surface area contributed by atoms with E-state index >= 15 is 0 Å². The maximum atomic E-state index is 13.3.